The molecule has 0 aliphatic carbocycles. The fraction of sp³-hybridized carbons (Fsp3) is 0.212. The number of hydrogen-bond donors (Lipinski definition) is 1. The molecule has 45 heavy (non-hydrogen) atoms. The minimum atomic E-state index is -0.829. The molecule has 0 radical (unpaired) electrons. The third-order valence-electron chi connectivity index (χ3n) is 8.18. The van der Waals surface area contributed by atoms with E-state index in [1.165, 1.54) is 17.4 Å². The zero-order valence-electron chi connectivity index (χ0n) is 24.5. The number of aryl methyl sites for hydroxylation is 1. The van der Waals surface area contributed by atoms with Gasteiger partial charge in [-0.2, -0.15) is 5.10 Å². The predicted molar refractivity (Wildman–Crippen MR) is 169 cm³/mol. The second-order valence-corrected chi connectivity index (χ2v) is 11.7. The summed E-state index contributed by atoms with van der Waals surface area (Å²) in [6.07, 6.45) is 3.05. The summed E-state index contributed by atoms with van der Waals surface area (Å²) in [5.74, 6) is -1.86. The fourth-order valence-electron chi connectivity index (χ4n) is 6.03. The zero-order chi connectivity index (χ0) is 31.4. The van der Waals surface area contributed by atoms with Gasteiger partial charge >= 0.3 is 0 Å². The van der Waals surface area contributed by atoms with Crippen LogP contribution in [-0.2, 0) is 18.4 Å². The Balaban J connectivity index is 1.52. The van der Waals surface area contributed by atoms with Crippen molar-refractivity contribution >= 4 is 38.4 Å². The van der Waals surface area contributed by atoms with Crippen LogP contribution < -0.4 is 4.74 Å². The first-order chi connectivity index (χ1) is 21.8. The van der Waals surface area contributed by atoms with Gasteiger partial charge in [0.25, 0.3) is 0 Å². The number of aliphatic hydroxyl groups is 1. The average molecular weight is 627 g/mol. The summed E-state index contributed by atoms with van der Waals surface area (Å²) in [6, 6.07) is 11.3. The van der Waals surface area contributed by atoms with E-state index < -0.39 is 11.6 Å². The highest BCUT2D eigenvalue weighted by Crippen LogP contribution is 2.47. The number of pyridine rings is 1. The second-order valence-electron chi connectivity index (χ2n) is 10.8. The van der Waals surface area contributed by atoms with Gasteiger partial charge in [-0.05, 0) is 42.6 Å². The quantitative estimate of drug-likeness (QED) is 0.215. The third kappa shape index (κ3) is 4.77. The van der Waals surface area contributed by atoms with E-state index in [1.807, 2.05) is 58.9 Å². The molecule has 228 valence electrons. The van der Waals surface area contributed by atoms with Gasteiger partial charge in [0.1, 0.15) is 35.4 Å². The van der Waals surface area contributed by atoms with Crippen molar-refractivity contribution in [2.75, 3.05) is 19.8 Å². The molecule has 4 aromatic heterocycles. The molecule has 0 spiro atoms. The first-order valence-corrected chi connectivity index (χ1v) is 15.2. The molecule has 6 aromatic rings. The molecule has 1 atom stereocenters. The first-order valence-electron chi connectivity index (χ1n) is 14.4. The summed E-state index contributed by atoms with van der Waals surface area (Å²) in [6.45, 7) is 5.97. The lowest BCUT2D eigenvalue weighted by molar-refractivity contribution is -0.129. The minimum Gasteiger partial charge on any atom is -0.490 e. The van der Waals surface area contributed by atoms with Crippen LogP contribution in [0.5, 0.6) is 5.75 Å². The number of nitrogens with zero attached hydrogens (tertiary/aromatic N) is 6. The van der Waals surface area contributed by atoms with Gasteiger partial charge in [0.2, 0.25) is 5.91 Å². The van der Waals surface area contributed by atoms with E-state index in [2.05, 4.69) is 11.6 Å². The number of imidazole rings is 1. The summed E-state index contributed by atoms with van der Waals surface area (Å²) in [5.41, 5.74) is 5.32. The van der Waals surface area contributed by atoms with E-state index >= 15 is 4.39 Å². The monoisotopic (exact) mass is 626 g/mol. The van der Waals surface area contributed by atoms with Crippen LogP contribution in [-0.4, -0.2) is 60.0 Å². The van der Waals surface area contributed by atoms with Crippen LogP contribution in [0.3, 0.4) is 0 Å². The molecule has 0 saturated heterocycles. The number of aliphatic hydroxyl groups excluding tert-OH is 1. The first kappa shape index (κ1) is 28.8. The van der Waals surface area contributed by atoms with Gasteiger partial charge in [0.05, 0.1) is 53.5 Å². The summed E-state index contributed by atoms with van der Waals surface area (Å²) < 4.78 is 40.6. The van der Waals surface area contributed by atoms with Crippen LogP contribution in [0, 0.1) is 11.6 Å². The average Bonchev–Trinajstić information content (AvgIpc) is 3.78. The number of aromatic nitrogens is 5. The van der Waals surface area contributed by atoms with E-state index in [0.29, 0.717) is 40.4 Å². The Bertz CT molecular complexity index is 2130. The van der Waals surface area contributed by atoms with Gasteiger partial charge in [-0.3, -0.25) is 9.48 Å². The van der Waals surface area contributed by atoms with Crippen LogP contribution in [0.25, 0.3) is 54.9 Å². The second kappa shape index (κ2) is 11.2. The SMILES string of the molecule is C=CC(=O)N1CCn2nc(-c3nc(-c4ccc5ncn(C)c5c4)c4ccsc4c3-c3c(F)cc(F)cc3OCCO)cc2[C@H]1C. The van der Waals surface area contributed by atoms with Gasteiger partial charge < -0.3 is 19.3 Å². The lowest BCUT2D eigenvalue weighted by atomic mass is 9.96. The van der Waals surface area contributed by atoms with Crippen LogP contribution in [0.4, 0.5) is 8.78 Å². The highest BCUT2D eigenvalue weighted by atomic mass is 32.1. The molecule has 7 rings (SSSR count). The molecule has 1 aliphatic heterocycles. The summed E-state index contributed by atoms with van der Waals surface area (Å²) in [7, 11) is 1.92. The number of halogens is 2. The smallest absolute Gasteiger partial charge is 0.246 e. The minimum absolute atomic E-state index is 0.0240. The normalized spacial score (nSPS) is 14.7. The van der Waals surface area contributed by atoms with Crippen molar-refractivity contribution in [1.82, 2.24) is 29.2 Å². The van der Waals surface area contributed by atoms with Crippen molar-refractivity contribution in [2.24, 2.45) is 7.05 Å². The summed E-state index contributed by atoms with van der Waals surface area (Å²) in [5, 5.41) is 17.0. The third-order valence-corrected chi connectivity index (χ3v) is 9.12. The van der Waals surface area contributed by atoms with Gasteiger partial charge in [-0.25, -0.2) is 18.7 Å². The Hall–Kier alpha value is -4.94. The summed E-state index contributed by atoms with van der Waals surface area (Å²) in [4.78, 5) is 23.9. The highest BCUT2D eigenvalue weighted by Gasteiger charge is 2.31. The molecule has 5 heterocycles. The van der Waals surface area contributed by atoms with Crippen LogP contribution in [0.1, 0.15) is 18.7 Å². The van der Waals surface area contributed by atoms with Crippen LogP contribution >= 0.6 is 11.3 Å². The number of rotatable bonds is 7. The topological polar surface area (TPSA) is 98.3 Å². The molecule has 1 amide bonds. The number of ether oxygens (including phenoxy) is 1. The van der Waals surface area contributed by atoms with Gasteiger partial charge in [-0.1, -0.05) is 12.6 Å². The van der Waals surface area contributed by atoms with Crippen LogP contribution in [0.15, 0.2) is 66.8 Å². The molecule has 1 aliphatic rings. The maximum atomic E-state index is 15.9. The number of fused-ring (bicyclic) bond motifs is 3. The Morgan fingerprint density at radius 3 is 2.80 bits per heavy atom. The van der Waals surface area contributed by atoms with Crippen molar-refractivity contribution < 1.29 is 23.4 Å². The van der Waals surface area contributed by atoms with Gasteiger partial charge in [-0.15, -0.1) is 11.3 Å². The highest BCUT2D eigenvalue weighted by molar-refractivity contribution is 7.18. The number of amides is 1. The molecule has 0 bridgehead atoms. The van der Waals surface area contributed by atoms with Crippen LogP contribution in [0.2, 0.25) is 0 Å². The largest absolute Gasteiger partial charge is 0.490 e. The van der Waals surface area contributed by atoms with E-state index in [-0.39, 0.29) is 36.5 Å². The molecule has 9 nitrogen and oxygen atoms in total. The van der Waals surface area contributed by atoms with E-state index in [9.17, 15) is 14.3 Å². The molecule has 12 heteroatoms. The van der Waals surface area contributed by atoms with Crippen molar-refractivity contribution in [3.05, 3.63) is 84.2 Å². The molecule has 0 unspecified atom stereocenters. The van der Waals surface area contributed by atoms with Crippen molar-refractivity contribution in [2.45, 2.75) is 19.5 Å². The van der Waals surface area contributed by atoms with Gasteiger partial charge in [0.15, 0.2) is 0 Å². The molecule has 2 aromatic carbocycles. The molecular formula is C33H28F2N6O3S. The van der Waals surface area contributed by atoms with Crippen molar-refractivity contribution in [3.63, 3.8) is 0 Å². The maximum Gasteiger partial charge on any atom is 0.246 e. The van der Waals surface area contributed by atoms with Gasteiger partial charge in [0, 0.05) is 46.9 Å². The lowest BCUT2D eigenvalue weighted by Crippen LogP contribution is -2.40. The number of carbonyl (C=O) groups excluding carboxylic acids is 1. The lowest BCUT2D eigenvalue weighted by Gasteiger charge is -2.33. The number of thiophene rings is 1. The Morgan fingerprint density at radius 2 is 2.00 bits per heavy atom. The summed E-state index contributed by atoms with van der Waals surface area (Å²) >= 11 is 1.40. The molecule has 0 fully saturated rings. The number of carbonyl (C=O) groups is 1. The number of benzene rings is 2. The van der Waals surface area contributed by atoms with E-state index in [0.717, 1.165) is 39.8 Å². The molecule has 0 saturated carbocycles. The Kier molecular flexibility index (Phi) is 7.17. The fourth-order valence-corrected chi connectivity index (χ4v) is 6.98. The van der Waals surface area contributed by atoms with E-state index in [1.54, 1.807) is 11.2 Å². The maximum absolute atomic E-state index is 15.9. The standard InChI is InChI=1S/C33H28F2N6O3S/c1-4-28(43)40-8-9-41-25(18(40)2)16-24(38-41)32-30(29-22(35)14-20(34)15-27(29)44-11-10-42)33-21(7-12-45-33)31(37-32)19-5-6-23-26(13-19)39(3)17-36-23/h4-7,12-18,42H,1,8-11H2,2-3H3/t18-/m1/s1. The molecule has 1 N–H and O–H groups in total. The van der Waals surface area contributed by atoms with E-state index in [4.69, 9.17) is 14.8 Å². The Labute approximate surface area is 260 Å². The van der Waals surface area contributed by atoms with Crippen molar-refractivity contribution in [3.8, 4) is 39.5 Å². The predicted octanol–water partition coefficient (Wildman–Crippen LogP) is 6.12. The number of hydrogen-bond acceptors (Lipinski definition) is 7. The molecular weight excluding hydrogens is 598 g/mol. The Morgan fingerprint density at radius 1 is 1.16 bits per heavy atom. The van der Waals surface area contributed by atoms with Crippen molar-refractivity contribution in [1.29, 1.82) is 0 Å². The zero-order valence-corrected chi connectivity index (χ0v) is 25.3.